The van der Waals surface area contributed by atoms with E-state index in [9.17, 15) is 0 Å². The van der Waals surface area contributed by atoms with Crippen LogP contribution >= 0.6 is 15.9 Å². The Morgan fingerprint density at radius 3 is 2.61 bits per heavy atom. The maximum Gasteiger partial charge on any atom is 0.144 e. The maximum atomic E-state index is 9.01. The molecule has 0 aliphatic rings. The zero-order chi connectivity index (χ0) is 13.0. The Morgan fingerprint density at radius 1 is 1.22 bits per heavy atom. The molecule has 0 saturated heterocycles. The van der Waals surface area contributed by atoms with Crippen LogP contribution in [0.2, 0.25) is 0 Å². The number of halogens is 1. The molecule has 0 amide bonds. The average molecular weight is 302 g/mol. The quantitative estimate of drug-likeness (QED) is 0.941. The highest BCUT2D eigenvalue weighted by atomic mass is 79.9. The van der Waals surface area contributed by atoms with Crippen LogP contribution in [0.25, 0.3) is 0 Å². The van der Waals surface area contributed by atoms with Gasteiger partial charge in [0.15, 0.2) is 0 Å². The van der Waals surface area contributed by atoms with Crippen LogP contribution < -0.4 is 5.32 Å². The summed E-state index contributed by atoms with van der Waals surface area (Å²) >= 11 is 3.40. The lowest BCUT2D eigenvalue weighted by molar-refractivity contribution is 1.08. The summed E-state index contributed by atoms with van der Waals surface area (Å²) in [6.45, 7) is 2.56. The molecule has 2 rings (SSSR count). The molecule has 0 unspecified atom stereocenters. The minimum atomic E-state index is 0.567. The van der Waals surface area contributed by atoms with Gasteiger partial charge in [0.25, 0.3) is 0 Å². The normalized spacial score (nSPS) is 9.83. The van der Waals surface area contributed by atoms with Gasteiger partial charge in [-0.1, -0.05) is 28.1 Å². The Hall–Kier alpha value is -1.86. The number of anilines is 1. The van der Waals surface area contributed by atoms with Gasteiger partial charge < -0.3 is 5.32 Å². The van der Waals surface area contributed by atoms with Crippen molar-refractivity contribution in [3.8, 4) is 6.07 Å². The van der Waals surface area contributed by atoms with E-state index in [0.29, 0.717) is 17.9 Å². The van der Waals surface area contributed by atoms with Gasteiger partial charge in [0, 0.05) is 16.7 Å². The number of hydrogen-bond donors (Lipinski definition) is 1. The highest BCUT2D eigenvalue weighted by Crippen LogP contribution is 2.15. The predicted octanol–water partition coefficient (Wildman–Crippen LogP) is 3.64. The van der Waals surface area contributed by atoms with E-state index in [1.807, 2.05) is 37.3 Å². The van der Waals surface area contributed by atoms with Crippen molar-refractivity contribution in [3.63, 3.8) is 0 Å². The molecule has 0 aliphatic heterocycles. The Balaban J connectivity index is 2.13. The largest absolute Gasteiger partial charge is 0.365 e. The number of aromatic nitrogens is 1. The van der Waals surface area contributed by atoms with Crippen LogP contribution in [0.3, 0.4) is 0 Å². The van der Waals surface area contributed by atoms with Gasteiger partial charge in [-0.05, 0) is 36.8 Å². The maximum absolute atomic E-state index is 9.01. The smallest absolute Gasteiger partial charge is 0.144 e. The number of hydrogen-bond acceptors (Lipinski definition) is 3. The lowest BCUT2D eigenvalue weighted by Gasteiger charge is -2.08. The first-order valence-corrected chi connectivity index (χ1v) is 6.34. The molecule has 2 aromatic rings. The van der Waals surface area contributed by atoms with E-state index in [2.05, 4.69) is 32.3 Å². The van der Waals surface area contributed by atoms with Gasteiger partial charge in [-0.25, -0.2) is 4.98 Å². The van der Waals surface area contributed by atoms with Gasteiger partial charge in [0.2, 0.25) is 0 Å². The predicted molar refractivity (Wildman–Crippen MR) is 75.2 cm³/mol. The zero-order valence-electron chi connectivity index (χ0n) is 9.94. The van der Waals surface area contributed by atoms with Crippen LogP contribution in [0.4, 0.5) is 5.82 Å². The Labute approximate surface area is 115 Å². The molecule has 0 spiro atoms. The van der Waals surface area contributed by atoms with Gasteiger partial charge in [0.05, 0.1) is 5.56 Å². The van der Waals surface area contributed by atoms with Gasteiger partial charge >= 0.3 is 0 Å². The van der Waals surface area contributed by atoms with E-state index in [-0.39, 0.29) is 0 Å². The SMILES string of the molecule is Cc1ccc(C#N)c(NCc2ccc(Br)cc2)n1. The molecule has 90 valence electrons. The lowest BCUT2D eigenvalue weighted by atomic mass is 10.2. The summed E-state index contributed by atoms with van der Waals surface area (Å²) < 4.78 is 1.05. The van der Waals surface area contributed by atoms with E-state index >= 15 is 0 Å². The highest BCUT2D eigenvalue weighted by Gasteiger charge is 2.03. The molecule has 1 aromatic carbocycles. The fourth-order valence-electron chi connectivity index (χ4n) is 1.57. The summed E-state index contributed by atoms with van der Waals surface area (Å²) in [6.07, 6.45) is 0. The number of pyridine rings is 1. The molecule has 0 bridgehead atoms. The third-order valence-corrected chi connectivity index (χ3v) is 3.06. The monoisotopic (exact) mass is 301 g/mol. The summed E-state index contributed by atoms with van der Waals surface area (Å²) in [5.41, 5.74) is 2.61. The number of nitriles is 1. The second-order valence-corrected chi connectivity index (χ2v) is 4.86. The van der Waals surface area contributed by atoms with Crippen LogP contribution in [0.15, 0.2) is 40.9 Å². The van der Waals surface area contributed by atoms with E-state index in [1.54, 1.807) is 6.07 Å². The molecule has 0 fully saturated rings. The summed E-state index contributed by atoms with van der Waals surface area (Å²) in [5.74, 6) is 0.639. The van der Waals surface area contributed by atoms with Crippen LogP contribution in [0, 0.1) is 18.3 Å². The van der Waals surface area contributed by atoms with Gasteiger partial charge in [-0.15, -0.1) is 0 Å². The molecule has 3 nitrogen and oxygen atoms in total. The van der Waals surface area contributed by atoms with Gasteiger partial charge in [-0.2, -0.15) is 5.26 Å². The van der Waals surface area contributed by atoms with Crippen molar-refractivity contribution in [2.75, 3.05) is 5.32 Å². The van der Waals surface area contributed by atoms with Gasteiger partial charge in [-0.3, -0.25) is 0 Å². The van der Waals surface area contributed by atoms with Crippen molar-refractivity contribution in [2.45, 2.75) is 13.5 Å². The van der Waals surface area contributed by atoms with Crippen molar-refractivity contribution < 1.29 is 0 Å². The van der Waals surface area contributed by atoms with Crippen LogP contribution in [0.1, 0.15) is 16.8 Å². The lowest BCUT2D eigenvalue weighted by Crippen LogP contribution is -2.04. The second-order valence-electron chi connectivity index (χ2n) is 3.94. The van der Waals surface area contributed by atoms with E-state index in [4.69, 9.17) is 5.26 Å². The number of aryl methyl sites for hydroxylation is 1. The number of rotatable bonds is 3. The molecule has 0 saturated carbocycles. The van der Waals surface area contributed by atoms with E-state index < -0.39 is 0 Å². The Morgan fingerprint density at radius 2 is 1.94 bits per heavy atom. The Kier molecular flexibility index (Phi) is 3.96. The summed E-state index contributed by atoms with van der Waals surface area (Å²) in [6, 6.07) is 13.8. The van der Waals surface area contributed by atoms with Crippen molar-refractivity contribution in [3.05, 3.63) is 57.7 Å². The fourth-order valence-corrected chi connectivity index (χ4v) is 1.83. The molecular formula is C14H12BrN3. The van der Waals surface area contributed by atoms with Crippen LogP contribution in [-0.4, -0.2) is 4.98 Å². The summed E-state index contributed by atoms with van der Waals surface area (Å²) in [4.78, 5) is 4.33. The number of nitrogens with zero attached hydrogens (tertiary/aromatic N) is 2. The summed E-state index contributed by atoms with van der Waals surface area (Å²) in [5, 5.41) is 12.2. The fraction of sp³-hybridized carbons (Fsp3) is 0.143. The first kappa shape index (κ1) is 12.6. The molecular weight excluding hydrogens is 290 g/mol. The topological polar surface area (TPSA) is 48.7 Å². The van der Waals surface area contributed by atoms with E-state index in [1.165, 1.54) is 0 Å². The molecule has 4 heteroatoms. The number of benzene rings is 1. The van der Waals surface area contributed by atoms with Crippen molar-refractivity contribution in [1.82, 2.24) is 4.98 Å². The minimum absolute atomic E-state index is 0.567. The average Bonchev–Trinajstić information content (AvgIpc) is 2.38. The first-order chi connectivity index (χ1) is 8.69. The number of nitrogens with one attached hydrogen (secondary N) is 1. The molecule has 18 heavy (non-hydrogen) atoms. The molecule has 0 aliphatic carbocycles. The zero-order valence-corrected chi connectivity index (χ0v) is 11.5. The second kappa shape index (κ2) is 5.65. The van der Waals surface area contributed by atoms with Crippen molar-refractivity contribution in [2.24, 2.45) is 0 Å². The highest BCUT2D eigenvalue weighted by molar-refractivity contribution is 9.10. The van der Waals surface area contributed by atoms with E-state index in [0.717, 1.165) is 15.7 Å². The van der Waals surface area contributed by atoms with Crippen molar-refractivity contribution in [1.29, 1.82) is 5.26 Å². The third kappa shape index (κ3) is 3.08. The first-order valence-electron chi connectivity index (χ1n) is 5.55. The van der Waals surface area contributed by atoms with Crippen molar-refractivity contribution >= 4 is 21.7 Å². The Bertz CT molecular complexity index is 585. The molecule has 1 aromatic heterocycles. The van der Waals surface area contributed by atoms with Crippen LogP contribution in [-0.2, 0) is 6.54 Å². The molecule has 0 radical (unpaired) electrons. The minimum Gasteiger partial charge on any atom is -0.365 e. The van der Waals surface area contributed by atoms with Crippen LogP contribution in [0.5, 0.6) is 0 Å². The van der Waals surface area contributed by atoms with Gasteiger partial charge in [0.1, 0.15) is 11.9 Å². The third-order valence-electron chi connectivity index (χ3n) is 2.53. The molecule has 1 N–H and O–H groups in total. The standard InChI is InChI=1S/C14H12BrN3/c1-10-2-5-12(8-16)14(18-10)17-9-11-3-6-13(15)7-4-11/h2-7H,9H2,1H3,(H,17,18). The molecule has 0 atom stereocenters. The molecule has 1 heterocycles. The summed E-state index contributed by atoms with van der Waals surface area (Å²) in [7, 11) is 0.